The monoisotopic (exact) mass is 409 g/mol. The van der Waals surface area contributed by atoms with Crippen molar-refractivity contribution in [3.63, 3.8) is 0 Å². The van der Waals surface area contributed by atoms with E-state index in [1.165, 1.54) is 29.9 Å². The summed E-state index contributed by atoms with van der Waals surface area (Å²) < 4.78 is 32.2. The van der Waals surface area contributed by atoms with E-state index in [-0.39, 0.29) is 41.7 Å². The van der Waals surface area contributed by atoms with Gasteiger partial charge in [-0.25, -0.2) is 8.42 Å². The van der Waals surface area contributed by atoms with Gasteiger partial charge in [0, 0.05) is 32.0 Å². The molecule has 1 N–H and O–H groups in total. The Bertz CT molecular complexity index is 806. The summed E-state index contributed by atoms with van der Waals surface area (Å²) in [7, 11) is -2.40. The SMILES string of the molecule is COC(=O)CCNC(=O)C1CN(S(=O)(=O)c2cccnc2)CC12CCCCC2. The van der Waals surface area contributed by atoms with E-state index < -0.39 is 15.9 Å². The maximum atomic E-state index is 13.1. The third kappa shape index (κ3) is 4.20. The Hall–Kier alpha value is -2.00. The molecule has 0 aromatic carbocycles. The van der Waals surface area contributed by atoms with Gasteiger partial charge < -0.3 is 10.1 Å². The lowest BCUT2D eigenvalue weighted by Gasteiger charge is -2.37. The molecule has 0 radical (unpaired) electrons. The van der Waals surface area contributed by atoms with E-state index in [1.54, 1.807) is 6.07 Å². The molecule has 154 valence electrons. The summed E-state index contributed by atoms with van der Waals surface area (Å²) >= 11 is 0. The number of rotatable bonds is 6. The van der Waals surface area contributed by atoms with E-state index >= 15 is 0 Å². The third-order valence-electron chi connectivity index (χ3n) is 5.91. The first-order valence-corrected chi connectivity index (χ1v) is 11.1. The molecule has 1 saturated carbocycles. The minimum Gasteiger partial charge on any atom is -0.469 e. The van der Waals surface area contributed by atoms with Crippen molar-refractivity contribution in [3.05, 3.63) is 24.5 Å². The number of pyridine rings is 1. The molecule has 2 fully saturated rings. The molecule has 1 unspecified atom stereocenters. The van der Waals surface area contributed by atoms with Crippen molar-refractivity contribution in [1.29, 1.82) is 0 Å². The Kier molecular flexibility index (Phi) is 6.34. The molecule has 1 saturated heterocycles. The van der Waals surface area contributed by atoms with E-state index in [2.05, 4.69) is 15.0 Å². The van der Waals surface area contributed by atoms with Crippen molar-refractivity contribution in [2.75, 3.05) is 26.7 Å². The number of methoxy groups -OCH3 is 1. The van der Waals surface area contributed by atoms with Crippen molar-refractivity contribution in [2.24, 2.45) is 11.3 Å². The number of esters is 1. The number of ether oxygens (including phenoxy) is 1. The van der Waals surface area contributed by atoms with Crippen LogP contribution in [0.1, 0.15) is 38.5 Å². The predicted molar refractivity (Wildman–Crippen MR) is 102 cm³/mol. The fourth-order valence-electron chi connectivity index (χ4n) is 4.39. The van der Waals surface area contributed by atoms with Gasteiger partial charge in [0.15, 0.2) is 0 Å². The van der Waals surface area contributed by atoms with Crippen molar-refractivity contribution in [1.82, 2.24) is 14.6 Å². The molecule has 1 spiro atoms. The lowest BCUT2D eigenvalue weighted by atomic mass is 9.67. The topological polar surface area (TPSA) is 106 Å². The Morgan fingerprint density at radius 3 is 2.71 bits per heavy atom. The Labute approximate surface area is 165 Å². The van der Waals surface area contributed by atoms with Crippen LogP contribution in [0.5, 0.6) is 0 Å². The zero-order valence-corrected chi connectivity index (χ0v) is 16.9. The number of nitrogens with one attached hydrogen (secondary N) is 1. The second-order valence-electron chi connectivity index (χ2n) is 7.58. The summed E-state index contributed by atoms with van der Waals surface area (Å²) in [5.74, 6) is -0.994. The molecule has 1 aromatic rings. The Morgan fingerprint density at radius 1 is 1.32 bits per heavy atom. The van der Waals surface area contributed by atoms with Gasteiger partial charge in [-0.15, -0.1) is 0 Å². The van der Waals surface area contributed by atoms with Gasteiger partial charge in [0.25, 0.3) is 0 Å². The van der Waals surface area contributed by atoms with Gasteiger partial charge in [-0.3, -0.25) is 14.6 Å². The second-order valence-corrected chi connectivity index (χ2v) is 9.52. The molecule has 3 rings (SSSR count). The first-order valence-electron chi connectivity index (χ1n) is 9.64. The number of carbonyl (C=O) groups is 2. The predicted octanol–water partition coefficient (Wildman–Crippen LogP) is 1.33. The lowest BCUT2D eigenvalue weighted by molar-refractivity contribution is -0.140. The number of nitrogens with zero attached hydrogens (tertiary/aromatic N) is 2. The zero-order chi connectivity index (χ0) is 20.2. The molecule has 9 heteroatoms. The van der Waals surface area contributed by atoms with Crippen LogP contribution >= 0.6 is 0 Å². The Morgan fingerprint density at radius 2 is 2.07 bits per heavy atom. The average Bonchev–Trinajstić information content (AvgIpc) is 3.08. The fourth-order valence-corrected chi connectivity index (χ4v) is 5.91. The molecule has 8 nitrogen and oxygen atoms in total. The number of hydrogen-bond acceptors (Lipinski definition) is 6. The van der Waals surface area contributed by atoms with E-state index in [4.69, 9.17) is 0 Å². The number of amides is 1. The van der Waals surface area contributed by atoms with Crippen LogP contribution in [0, 0.1) is 11.3 Å². The molecule has 28 heavy (non-hydrogen) atoms. The second kappa shape index (κ2) is 8.57. The molecule has 2 heterocycles. The summed E-state index contributed by atoms with van der Waals surface area (Å²) in [6.07, 6.45) is 7.73. The highest BCUT2D eigenvalue weighted by Crippen LogP contribution is 2.48. The van der Waals surface area contributed by atoms with Crippen molar-refractivity contribution in [2.45, 2.75) is 43.4 Å². The van der Waals surface area contributed by atoms with Crippen LogP contribution in [0.2, 0.25) is 0 Å². The van der Waals surface area contributed by atoms with E-state index in [9.17, 15) is 18.0 Å². The standard InChI is InChI=1S/C19H27N3O5S/c1-27-17(23)7-11-21-18(24)16-13-22(14-19(16)8-3-2-4-9-19)28(25,26)15-6-5-10-20-12-15/h5-6,10,12,16H,2-4,7-9,11,13-14H2,1H3,(H,21,24). The highest BCUT2D eigenvalue weighted by Gasteiger charge is 2.53. The number of carbonyl (C=O) groups excluding carboxylic acids is 2. The van der Waals surface area contributed by atoms with Gasteiger partial charge in [0.2, 0.25) is 15.9 Å². The van der Waals surface area contributed by atoms with E-state index in [0.717, 1.165) is 32.1 Å². The van der Waals surface area contributed by atoms with Crippen LogP contribution in [0.15, 0.2) is 29.4 Å². The lowest BCUT2D eigenvalue weighted by Crippen LogP contribution is -2.43. The smallest absolute Gasteiger partial charge is 0.307 e. The van der Waals surface area contributed by atoms with Crippen LogP contribution in [0.4, 0.5) is 0 Å². The molecule has 1 aromatic heterocycles. The van der Waals surface area contributed by atoms with Crippen molar-refractivity contribution in [3.8, 4) is 0 Å². The normalized spacial score (nSPS) is 22.1. The average molecular weight is 410 g/mol. The van der Waals surface area contributed by atoms with Crippen LogP contribution in [-0.2, 0) is 24.3 Å². The van der Waals surface area contributed by atoms with Crippen molar-refractivity contribution >= 4 is 21.9 Å². The molecule has 1 atom stereocenters. The van der Waals surface area contributed by atoms with Crippen molar-refractivity contribution < 1.29 is 22.7 Å². The molecular weight excluding hydrogens is 382 g/mol. The zero-order valence-electron chi connectivity index (χ0n) is 16.1. The number of sulfonamides is 1. The maximum absolute atomic E-state index is 13.1. The van der Waals surface area contributed by atoms with Gasteiger partial charge in [-0.1, -0.05) is 19.3 Å². The first-order chi connectivity index (χ1) is 13.4. The van der Waals surface area contributed by atoms with Gasteiger partial charge in [-0.2, -0.15) is 4.31 Å². The molecule has 1 aliphatic carbocycles. The number of aromatic nitrogens is 1. The molecule has 0 bridgehead atoms. The number of hydrogen-bond donors (Lipinski definition) is 1. The van der Waals surface area contributed by atoms with Gasteiger partial charge in [0.05, 0.1) is 19.4 Å². The van der Waals surface area contributed by atoms with Crippen LogP contribution in [-0.4, -0.2) is 56.3 Å². The summed E-state index contributed by atoms with van der Waals surface area (Å²) in [6, 6.07) is 3.12. The van der Waals surface area contributed by atoms with Gasteiger partial charge in [-0.05, 0) is 30.4 Å². The maximum Gasteiger partial charge on any atom is 0.307 e. The fraction of sp³-hybridized carbons (Fsp3) is 0.632. The molecule has 1 aliphatic heterocycles. The summed E-state index contributed by atoms with van der Waals surface area (Å²) in [6.45, 7) is 0.689. The van der Waals surface area contributed by atoms with Gasteiger partial charge >= 0.3 is 5.97 Å². The van der Waals surface area contributed by atoms with E-state index in [1.807, 2.05) is 0 Å². The summed E-state index contributed by atoms with van der Waals surface area (Å²) in [5.41, 5.74) is -0.344. The van der Waals surface area contributed by atoms with Crippen LogP contribution in [0.3, 0.4) is 0 Å². The minimum absolute atomic E-state index is 0.0969. The highest BCUT2D eigenvalue weighted by atomic mass is 32.2. The largest absolute Gasteiger partial charge is 0.469 e. The summed E-state index contributed by atoms with van der Waals surface area (Å²) in [4.78, 5) is 28.2. The van der Waals surface area contributed by atoms with Crippen LogP contribution in [0.25, 0.3) is 0 Å². The minimum atomic E-state index is -3.70. The molecule has 2 aliphatic rings. The Balaban J connectivity index is 1.78. The molecule has 1 amide bonds. The van der Waals surface area contributed by atoms with Crippen LogP contribution < -0.4 is 5.32 Å². The first kappa shape index (κ1) is 20.7. The quantitative estimate of drug-likeness (QED) is 0.711. The van der Waals surface area contributed by atoms with E-state index in [0.29, 0.717) is 6.54 Å². The summed E-state index contributed by atoms with van der Waals surface area (Å²) in [5, 5.41) is 2.80. The highest BCUT2D eigenvalue weighted by molar-refractivity contribution is 7.89. The molecular formula is C19H27N3O5S. The third-order valence-corrected chi connectivity index (χ3v) is 7.71. The van der Waals surface area contributed by atoms with Gasteiger partial charge in [0.1, 0.15) is 4.90 Å².